The van der Waals surface area contributed by atoms with Crippen LogP contribution in [0.3, 0.4) is 0 Å². The number of hydrogen-bond acceptors (Lipinski definition) is 8. The van der Waals surface area contributed by atoms with Gasteiger partial charge in [0, 0.05) is 24.2 Å². The molecular formula is C36H42F2N6O7S. The predicted molar refractivity (Wildman–Crippen MR) is 185 cm³/mol. The van der Waals surface area contributed by atoms with Crippen LogP contribution in [-0.4, -0.2) is 77.6 Å². The maximum absolute atomic E-state index is 14.5. The molecule has 0 aromatic heterocycles. The molecule has 52 heavy (non-hydrogen) atoms. The largest absolute Gasteiger partial charge is 0.444 e. The monoisotopic (exact) mass is 740 g/mol. The second-order valence-electron chi connectivity index (χ2n) is 15.1. The Morgan fingerprint density at radius 1 is 1.10 bits per heavy atom. The van der Waals surface area contributed by atoms with Gasteiger partial charge in [-0.2, -0.15) is 0 Å². The van der Waals surface area contributed by atoms with Crippen LogP contribution in [0, 0.1) is 29.5 Å². The maximum atomic E-state index is 14.5. The summed E-state index contributed by atoms with van der Waals surface area (Å²) in [4.78, 5) is 61.3. The van der Waals surface area contributed by atoms with E-state index in [0.717, 1.165) is 6.07 Å². The molecule has 2 aromatic carbocycles. The summed E-state index contributed by atoms with van der Waals surface area (Å²) in [7, 11) is -3.91. The van der Waals surface area contributed by atoms with E-state index in [1.165, 1.54) is 28.0 Å². The van der Waals surface area contributed by atoms with Crippen LogP contribution in [-0.2, 0) is 42.2 Å². The fourth-order valence-corrected chi connectivity index (χ4v) is 8.43. The lowest BCUT2D eigenvalue weighted by molar-refractivity contribution is -0.141. The molecule has 2 saturated carbocycles. The molecule has 2 aromatic rings. The van der Waals surface area contributed by atoms with Crippen LogP contribution < -0.4 is 15.4 Å². The quantitative estimate of drug-likeness (QED) is 0.304. The van der Waals surface area contributed by atoms with Gasteiger partial charge in [-0.25, -0.2) is 26.8 Å². The molecule has 2 aliphatic heterocycles. The van der Waals surface area contributed by atoms with E-state index in [1.54, 1.807) is 32.9 Å². The Morgan fingerprint density at radius 2 is 1.83 bits per heavy atom. The lowest BCUT2D eigenvalue weighted by atomic mass is 9.85. The highest BCUT2D eigenvalue weighted by Gasteiger charge is 2.62. The summed E-state index contributed by atoms with van der Waals surface area (Å²) >= 11 is 0. The van der Waals surface area contributed by atoms with E-state index >= 15 is 0 Å². The van der Waals surface area contributed by atoms with Gasteiger partial charge in [-0.1, -0.05) is 46.2 Å². The highest BCUT2D eigenvalue weighted by atomic mass is 32.2. The van der Waals surface area contributed by atoms with Crippen LogP contribution in [0.1, 0.15) is 70.9 Å². The van der Waals surface area contributed by atoms with Gasteiger partial charge in [-0.3, -0.25) is 24.0 Å². The van der Waals surface area contributed by atoms with Gasteiger partial charge < -0.3 is 20.3 Å². The summed E-state index contributed by atoms with van der Waals surface area (Å²) in [5, 5.41) is 5.21. The van der Waals surface area contributed by atoms with Crippen LogP contribution in [0.15, 0.2) is 36.4 Å². The number of carbonyl (C=O) groups is 4. The number of benzene rings is 2. The third-order valence-corrected chi connectivity index (χ3v) is 12.2. The number of halogens is 2. The van der Waals surface area contributed by atoms with Crippen molar-refractivity contribution in [1.82, 2.24) is 19.8 Å². The van der Waals surface area contributed by atoms with Gasteiger partial charge in [0.15, 0.2) is 0 Å². The SMILES string of the molecule is [C-]#[N+]c1cc(N[C@H](C(=O)N2C[C@H](OC(=O)N3Cc4cccc(F)c4C3)C[C@H]2C(=O)N[C@]2(C(=O)NS(=O)(=O)C3CC3)C[C@H]2CC)C(C)(C)C)ccc1F. The molecule has 13 nitrogen and oxygen atoms in total. The van der Waals surface area contributed by atoms with Crippen LogP contribution >= 0.6 is 0 Å². The number of carbonyl (C=O) groups excluding carboxylic acids is 4. The van der Waals surface area contributed by atoms with Gasteiger partial charge in [0.1, 0.15) is 35.4 Å². The first-order valence-corrected chi connectivity index (χ1v) is 18.9. The molecular weight excluding hydrogens is 698 g/mol. The minimum absolute atomic E-state index is 0.0137. The molecule has 5 atom stereocenters. The summed E-state index contributed by atoms with van der Waals surface area (Å²) in [6, 6.07) is 6.09. The minimum Gasteiger partial charge on any atom is -0.444 e. The molecule has 2 heterocycles. The Labute approximate surface area is 301 Å². The van der Waals surface area contributed by atoms with Crippen molar-refractivity contribution in [2.24, 2.45) is 11.3 Å². The smallest absolute Gasteiger partial charge is 0.410 e. The van der Waals surface area contributed by atoms with Crippen LogP contribution in [0.4, 0.5) is 25.0 Å². The molecule has 2 aliphatic carbocycles. The van der Waals surface area contributed by atoms with E-state index in [4.69, 9.17) is 11.3 Å². The number of nitrogens with zero attached hydrogens (tertiary/aromatic N) is 3. The van der Waals surface area contributed by atoms with Gasteiger partial charge in [0.05, 0.1) is 24.9 Å². The molecule has 278 valence electrons. The molecule has 3 fully saturated rings. The molecule has 0 bridgehead atoms. The number of sulfonamides is 1. The summed E-state index contributed by atoms with van der Waals surface area (Å²) in [5.41, 5.74) is -1.24. The Morgan fingerprint density at radius 3 is 2.44 bits per heavy atom. The van der Waals surface area contributed by atoms with E-state index in [-0.39, 0.29) is 44.1 Å². The number of likely N-dealkylation sites (tertiary alicyclic amines) is 1. The van der Waals surface area contributed by atoms with Crippen molar-refractivity contribution >= 4 is 45.2 Å². The molecule has 16 heteroatoms. The average molecular weight is 741 g/mol. The van der Waals surface area contributed by atoms with E-state index in [2.05, 4.69) is 20.2 Å². The van der Waals surface area contributed by atoms with Crippen molar-refractivity contribution in [2.75, 3.05) is 11.9 Å². The molecule has 1 saturated heterocycles. The lowest BCUT2D eigenvalue weighted by Crippen LogP contribution is -2.58. The van der Waals surface area contributed by atoms with Gasteiger partial charge in [-0.15, -0.1) is 0 Å². The Bertz CT molecular complexity index is 1960. The second kappa shape index (κ2) is 13.6. The average Bonchev–Trinajstić information content (AvgIpc) is 3.97. The Hall–Kier alpha value is -4.78. The van der Waals surface area contributed by atoms with Crippen LogP contribution in [0.2, 0.25) is 0 Å². The minimum atomic E-state index is -3.91. The van der Waals surface area contributed by atoms with Crippen molar-refractivity contribution in [3.05, 3.63) is 70.6 Å². The molecule has 6 rings (SSSR count). The number of nitrogens with one attached hydrogen (secondary N) is 3. The van der Waals surface area contributed by atoms with E-state index in [1.807, 2.05) is 6.92 Å². The first kappa shape index (κ1) is 37.0. The number of amides is 4. The zero-order chi connectivity index (χ0) is 37.7. The Kier molecular flexibility index (Phi) is 9.71. The van der Waals surface area contributed by atoms with Crippen molar-refractivity contribution in [2.45, 2.75) is 102 Å². The molecule has 0 radical (unpaired) electrons. The van der Waals surface area contributed by atoms with Gasteiger partial charge in [0.25, 0.3) is 5.91 Å². The predicted octanol–water partition coefficient (Wildman–Crippen LogP) is 4.36. The van der Waals surface area contributed by atoms with E-state index < -0.39 is 79.9 Å². The summed E-state index contributed by atoms with van der Waals surface area (Å²) in [6.45, 7) is 14.4. The molecule has 3 N–H and O–H groups in total. The highest BCUT2D eigenvalue weighted by Crippen LogP contribution is 2.47. The first-order chi connectivity index (χ1) is 24.5. The molecule has 4 amide bonds. The summed E-state index contributed by atoms with van der Waals surface area (Å²) in [6.07, 6.45) is -0.304. The standard InChI is InChI=1S/C36H42F2N6O7S/c1-6-21-16-36(21,33(47)42-52(49,50)24-11-12-24)41-31(45)29-15-23(51-34(48)43-17-20-8-7-9-26(37)25(20)19-43)18-44(29)32(46)30(35(2,3)4)40-22-10-13-27(38)28(14-22)39-5/h7-10,13-14,21,23-24,29-30,40H,6,11-12,15-19H2,1-4H3,(H,41,45)(H,42,47)/t21-,23-,29+,30-,36-/m1/s1. The summed E-state index contributed by atoms with van der Waals surface area (Å²) in [5.74, 6) is -3.63. The van der Waals surface area contributed by atoms with Gasteiger partial charge >= 0.3 is 6.09 Å². The fraction of sp³-hybridized carbons (Fsp3) is 0.528. The Balaban J connectivity index is 1.25. The van der Waals surface area contributed by atoms with Crippen molar-refractivity contribution in [3.63, 3.8) is 0 Å². The normalized spacial score (nSPS) is 24.4. The van der Waals surface area contributed by atoms with E-state index in [0.29, 0.717) is 36.1 Å². The van der Waals surface area contributed by atoms with Crippen LogP contribution in [0.5, 0.6) is 0 Å². The first-order valence-electron chi connectivity index (χ1n) is 17.3. The zero-order valence-corrected chi connectivity index (χ0v) is 30.2. The lowest BCUT2D eigenvalue weighted by Gasteiger charge is -2.36. The fourth-order valence-electron chi connectivity index (χ4n) is 7.07. The van der Waals surface area contributed by atoms with Gasteiger partial charge in [-0.05, 0) is 60.4 Å². The molecule has 0 unspecified atom stereocenters. The number of hydrogen-bond donors (Lipinski definition) is 3. The molecule has 0 spiro atoms. The number of anilines is 1. The van der Waals surface area contributed by atoms with Crippen molar-refractivity contribution < 1.29 is 41.1 Å². The second-order valence-corrected chi connectivity index (χ2v) is 17.1. The van der Waals surface area contributed by atoms with E-state index in [9.17, 15) is 36.4 Å². The maximum Gasteiger partial charge on any atom is 0.410 e. The number of ether oxygens (including phenoxy) is 1. The third kappa shape index (κ3) is 7.28. The third-order valence-electron chi connectivity index (χ3n) is 10.3. The zero-order valence-electron chi connectivity index (χ0n) is 29.4. The molecule has 4 aliphatic rings. The van der Waals surface area contributed by atoms with Crippen molar-refractivity contribution in [1.29, 1.82) is 0 Å². The van der Waals surface area contributed by atoms with Crippen LogP contribution in [0.25, 0.3) is 4.85 Å². The number of fused-ring (bicyclic) bond motifs is 1. The van der Waals surface area contributed by atoms with Gasteiger partial charge in [0.2, 0.25) is 27.5 Å². The van der Waals surface area contributed by atoms with Crippen molar-refractivity contribution in [3.8, 4) is 0 Å². The number of rotatable bonds is 10. The summed E-state index contributed by atoms with van der Waals surface area (Å²) < 4.78 is 61.9. The topological polar surface area (TPSA) is 159 Å². The highest BCUT2D eigenvalue weighted by molar-refractivity contribution is 7.91.